The molecule has 2 aromatic rings. The maximum atomic E-state index is 13.4. The van der Waals surface area contributed by atoms with Gasteiger partial charge in [0, 0.05) is 13.1 Å². The summed E-state index contributed by atoms with van der Waals surface area (Å²) in [6, 6.07) is 11.6. The third-order valence-corrected chi connectivity index (χ3v) is 7.74. The highest BCUT2D eigenvalue weighted by molar-refractivity contribution is 7.89. The van der Waals surface area contributed by atoms with Crippen molar-refractivity contribution < 1.29 is 13.2 Å². The summed E-state index contributed by atoms with van der Waals surface area (Å²) in [6.45, 7) is 6.46. The Morgan fingerprint density at radius 1 is 1.04 bits per heavy atom. The fourth-order valence-electron chi connectivity index (χ4n) is 4.53. The van der Waals surface area contributed by atoms with Crippen molar-refractivity contribution in [1.29, 1.82) is 0 Å². The summed E-state index contributed by atoms with van der Waals surface area (Å²) in [7, 11) is -3.74. The molecule has 2 aromatic carbocycles. The standard InChI is InChI=1S/C21H24N2O3S/c1-14-10-15(2)21(16(3)11-14)27(25,26)22-12-19-18-7-5-4-6-17(18)8-9-23(19)20(24)13-22/h4-7,10-11,19H,8-9,12-13H2,1-3H3/t19-/m1/s1. The number of benzene rings is 2. The van der Waals surface area contributed by atoms with Gasteiger partial charge < -0.3 is 4.90 Å². The van der Waals surface area contributed by atoms with Crippen molar-refractivity contribution in [2.24, 2.45) is 0 Å². The fourth-order valence-corrected chi connectivity index (χ4v) is 6.34. The van der Waals surface area contributed by atoms with Crippen molar-refractivity contribution in [1.82, 2.24) is 9.21 Å². The number of hydrogen-bond donors (Lipinski definition) is 0. The van der Waals surface area contributed by atoms with Gasteiger partial charge in [0.2, 0.25) is 15.9 Å². The van der Waals surface area contributed by atoms with Gasteiger partial charge in [-0.25, -0.2) is 8.42 Å². The third kappa shape index (κ3) is 2.97. The zero-order valence-electron chi connectivity index (χ0n) is 15.9. The smallest absolute Gasteiger partial charge is 0.244 e. The van der Waals surface area contributed by atoms with Gasteiger partial charge in [-0.1, -0.05) is 42.0 Å². The number of hydrogen-bond acceptors (Lipinski definition) is 3. The molecule has 0 radical (unpaired) electrons. The molecule has 0 unspecified atom stereocenters. The van der Waals surface area contributed by atoms with E-state index in [1.807, 2.05) is 56.0 Å². The van der Waals surface area contributed by atoms with E-state index in [1.165, 1.54) is 9.87 Å². The highest BCUT2D eigenvalue weighted by Crippen LogP contribution is 2.35. The van der Waals surface area contributed by atoms with E-state index in [0.717, 1.165) is 28.7 Å². The molecule has 2 aliphatic rings. The monoisotopic (exact) mass is 384 g/mol. The first-order valence-corrected chi connectivity index (χ1v) is 10.7. The summed E-state index contributed by atoms with van der Waals surface area (Å²) in [5, 5.41) is 0. The van der Waals surface area contributed by atoms with Crippen molar-refractivity contribution in [2.45, 2.75) is 38.1 Å². The van der Waals surface area contributed by atoms with Crippen molar-refractivity contribution in [3.05, 3.63) is 64.2 Å². The van der Waals surface area contributed by atoms with Crippen molar-refractivity contribution in [3.63, 3.8) is 0 Å². The minimum Gasteiger partial charge on any atom is -0.333 e. The number of fused-ring (bicyclic) bond motifs is 3. The number of sulfonamides is 1. The van der Waals surface area contributed by atoms with Crippen LogP contribution in [0.3, 0.4) is 0 Å². The number of carbonyl (C=O) groups excluding carboxylic acids is 1. The molecule has 6 heteroatoms. The number of rotatable bonds is 2. The van der Waals surface area contributed by atoms with E-state index in [-0.39, 0.29) is 18.5 Å². The summed E-state index contributed by atoms with van der Waals surface area (Å²) in [5.41, 5.74) is 4.76. The van der Waals surface area contributed by atoms with Crippen molar-refractivity contribution in [3.8, 4) is 0 Å². The number of piperazine rings is 1. The Morgan fingerprint density at radius 2 is 1.70 bits per heavy atom. The van der Waals surface area contributed by atoms with Gasteiger partial charge in [0.1, 0.15) is 0 Å². The maximum absolute atomic E-state index is 13.4. The molecule has 27 heavy (non-hydrogen) atoms. The lowest BCUT2D eigenvalue weighted by molar-refractivity contribution is -0.138. The molecule has 2 heterocycles. The van der Waals surface area contributed by atoms with Crippen molar-refractivity contribution >= 4 is 15.9 Å². The van der Waals surface area contributed by atoms with E-state index in [1.54, 1.807) is 0 Å². The predicted octanol–water partition coefficient (Wildman–Crippen LogP) is 2.74. The van der Waals surface area contributed by atoms with Crippen LogP contribution in [0.4, 0.5) is 0 Å². The first-order chi connectivity index (χ1) is 12.8. The molecule has 0 N–H and O–H groups in total. The summed E-state index contributed by atoms with van der Waals surface area (Å²) in [6.07, 6.45) is 0.821. The Bertz CT molecular complexity index is 1010. The Labute approximate surface area is 160 Å². The van der Waals surface area contributed by atoms with Gasteiger partial charge in [-0.2, -0.15) is 4.31 Å². The van der Waals surface area contributed by atoms with Gasteiger partial charge in [-0.05, 0) is 49.4 Å². The van der Waals surface area contributed by atoms with E-state index < -0.39 is 10.0 Å². The molecule has 0 bridgehead atoms. The van der Waals surface area contributed by atoms with Gasteiger partial charge >= 0.3 is 0 Å². The van der Waals surface area contributed by atoms with Crippen LogP contribution in [-0.2, 0) is 21.2 Å². The lowest BCUT2D eigenvalue weighted by Gasteiger charge is -2.44. The highest BCUT2D eigenvalue weighted by Gasteiger charge is 2.42. The predicted molar refractivity (Wildman–Crippen MR) is 104 cm³/mol. The Kier molecular flexibility index (Phi) is 4.35. The SMILES string of the molecule is Cc1cc(C)c(S(=O)(=O)N2CC(=O)N3CCc4ccccc4[C@H]3C2)c(C)c1. The third-order valence-electron chi connectivity index (χ3n) is 5.62. The van der Waals surface area contributed by atoms with E-state index in [0.29, 0.717) is 18.0 Å². The second-order valence-electron chi connectivity index (χ2n) is 7.58. The van der Waals surface area contributed by atoms with Crippen LogP contribution in [0.5, 0.6) is 0 Å². The molecule has 5 nitrogen and oxygen atoms in total. The lowest BCUT2D eigenvalue weighted by Crippen LogP contribution is -2.55. The number of aryl methyl sites for hydroxylation is 3. The van der Waals surface area contributed by atoms with Gasteiger partial charge in [-0.3, -0.25) is 4.79 Å². The molecule has 1 atom stereocenters. The molecular weight excluding hydrogens is 360 g/mol. The number of nitrogens with zero attached hydrogens (tertiary/aromatic N) is 2. The van der Waals surface area contributed by atoms with Crippen LogP contribution in [0.15, 0.2) is 41.3 Å². The molecular formula is C21H24N2O3S. The lowest BCUT2D eigenvalue weighted by atomic mass is 9.91. The normalized spacial score (nSPS) is 20.3. The zero-order chi connectivity index (χ0) is 19.3. The molecule has 1 fully saturated rings. The molecule has 1 amide bonds. The molecule has 1 saturated heterocycles. The topological polar surface area (TPSA) is 57.7 Å². The van der Waals surface area contributed by atoms with Gasteiger partial charge in [-0.15, -0.1) is 0 Å². The van der Waals surface area contributed by atoms with E-state index in [2.05, 4.69) is 6.07 Å². The summed E-state index contributed by atoms with van der Waals surface area (Å²) in [5.74, 6) is -0.119. The van der Waals surface area contributed by atoms with Gasteiger partial charge in [0.05, 0.1) is 17.5 Å². The molecule has 0 aromatic heterocycles. The van der Waals surface area contributed by atoms with Gasteiger partial charge in [0.15, 0.2) is 0 Å². The largest absolute Gasteiger partial charge is 0.333 e. The van der Waals surface area contributed by atoms with Crippen LogP contribution in [0.1, 0.15) is 33.9 Å². The average molecular weight is 385 g/mol. The fraction of sp³-hybridized carbons (Fsp3) is 0.381. The number of carbonyl (C=O) groups is 1. The van der Waals surface area contributed by atoms with Crippen LogP contribution >= 0.6 is 0 Å². The Balaban J connectivity index is 1.75. The molecule has 2 aliphatic heterocycles. The van der Waals surface area contributed by atoms with Crippen LogP contribution in [0, 0.1) is 20.8 Å². The molecule has 0 aliphatic carbocycles. The second kappa shape index (κ2) is 6.46. The second-order valence-corrected chi connectivity index (χ2v) is 9.45. The first-order valence-electron chi connectivity index (χ1n) is 9.24. The summed E-state index contributed by atoms with van der Waals surface area (Å²) in [4.78, 5) is 14.9. The number of amides is 1. The summed E-state index contributed by atoms with van der Waals surface area (Å²) < 4.78 is 28.2. The molecule has 4 rings (SSSR count). The quantitative estimate of drug-likeness (QED) is 0.800. The Hall–Kier alpha value is -2.18. The molecule has 142 valence electrons. The first kappa shape index (κ1) is 18.2. The van der Waals surface area contributed by atoms with Crippen molar-refractivity contribution in [2.75, 3.05) is 19.6 Å². The van der Waals surface area contributed by atoms with E-state index >= 15 is 0 Å². The zero-order valence-corrected chi connectivity index (χ0v) is 16.7. The molecule has 0 spiro atoms. The van der Waals surface area contributed by atoms with E-state index in [9.17, 15) is 13.2 Å². The minimum absolute atomic E-state index is 0.0895. The van der Waals surface area contributed by atoms with Crippen LogP contribution in [0.25, 0.3) is 0 Å². The van der Waals surface area contributed by atoms with E-state index in [4.69, 9.17) is 0 Å². The molecule has 0 saturated carbocycles. The van der Waals surface area contributed by atoms with Gasteiger partial charge in [0.25, 0.3) is 0 Å². The average Bonchev–Trinajstić information content (AvgIpc) is 2.60. The maximum Gasteiger partial charge on any atom is 0.244 e. The van der Waals surface area contributed by atoms with Crippen LogP contribution in [-0.4, -0.2) is 43.2 Å². The highest BCUT2D eigenvalue weighted by atomic mass is 32.2. The minimum atomic E-state index is -3.74. The van der Waals surface area contributed by atoms with Crippen LogP contribution in [0.2, 0.25) is 0 Å². The Morgan fingerprint density at radius 3 is 2.41 bits per heavy atom. The van der Waals surface area contributed by atoms with Crippen LogP contribution < -0.4 is 0 Å². The summed E-state index contributed by atoms with van der Waals surface area (Å²) >= 11 is 0.